The zero-order chi connectivity index (χ0) is 9.19. The predicted octanol–water partition coefficient (Wildman–Crippen LogP) is 2.67. The third-order valence-electron chi connectivity index (χ3n) is 2.55. The molecule has 0 amide bonds. The lowest BCUT2D eigenvalue weighted by Crippen LogP contribution is -2.27. The lowest BCUT2D eigenvalue weighted by molar-refractivity contribution is 0.106. The third-order valence-corrected chi connectivity index (χ3v) is 2.55. The highest BCUT2D eigenvalue weighted by atomic mass is 16.3. The molecular formula is C11H18O. The topological polar surface area (TPSA) is 20.2 Å². The lowest BCUT2D eigenvalue weighted by Gasteiger charge is -2.29. The number of hydrogen-bond acceptors (Lipinski definition) is 1. The van der Waals surface area contributed by atoms with Crippen LogP contribution in [-0.4, -0.2) is 10.7 Å². The molecule has 0 fully saturated rings. The smallest absolute Gasteiger partial charge is 0.0800 e. The quantitative estimate of drug-likeness (QED) is 0.625. The van der Waals surface area contributed by atoms with E-state index in [9.17, 15) is 5.11 Å². The molecule has 1 aliphatic carbocycles. The summed E-state index contributed by atoms with van der Waals surface area (Å²) in [4.78, 5) is 0. The van der Waals surface area contributed by atoms with Crippen LogP contribution >= 0.6 is 0 Å². The van der Waals surface area contributed by atoms with Gasteiger partial charge in [-0.15, -0.1) is 0 Å². The fraction of sp³-hybridized carbons (Fsp3) is 0.636. The maximum absolute atomic E-state index is 9.71. The molecule has 0 aromatic heterocycles. The maximum atomic E-state index is 9.71. The van der Waals surface area contributed by atoms with Crippen molar-refractivity contribution in [2.45, 2.75) is 38.7 Å². The Morgan fingerprint density at radius 1 is 1.50 bits per heavy atom. The molecule has 12 heavy (non-hydrogen) atoms. The van der Waals surface area contributed by atoms with Crippen molar-refractivity contribution in [3.63, 3.8) is 0 Å². The first-order valence-electron chi connectivity index (χ1n) is 4.58. The number of allylic oxidation sites excluding steroid dienone is 2. The van der Waals surface area contributed by atoms with E-state index in [2.05, 4.69) is 18.7 Å². The summed E-state index contributed by atoms with van der Waals surface area (Å²) < 4.78 is 0. The van der Waals surface area contributed by atoms with Crippen molar-refractivity contribution in [3.05, 3.63) is 24.3 Å². The number of hydrogen-bond donors (Lipinski definition) is 1. The van der Waals surface area contributed by atoms with Crippen LogP contribution < -0.4 is 0 Å². The molecule has 0 bridgehead atoms. The fourth-order valence-electron chi connectivity index (χ4n) is 1.61. The van der Waals surface area contributed by atoms with Gasteiger partial charge in [-0.05, 0) is 44.6 Å². The van der Waals surface area contributed by atoms with Gasteiger partial charge in [-0.2, -0.15) is 0 Å². The Hall–Kier alpha value is -0.560. The van der Waals surface area contributed by atoms with Crippen LogP contribution in [-0.2, 0) is 0 Å². The zero-order valence-electron chi connectivity index (χ0n) is 8.01. The second-order valence-electron chi connectivity index (χ2n) is 4.07. The summed E-state index contributed by atoms with van der Waals surface area (Å²) in [7, 11) is 0. The van der Waals surface area contributed by atoms with Gasteiger partial charge in [0.1, 0.15) is 0 Å². The van der Waals surface area contributed by atoms with E-state index in [1.165, 1.54) is 0 Å². The van der Waals surface area contributed by atoms with Crippen molar-refractivity contribution >= 4 is 0 Å². The van der Waals surface area contributed by atoms with Crippen LogP contribution in [0, 0.1) is 5.92 Å². The maximum Gasteiger partial charge on any atom is 0.0800 e. The van der Waals surface area contributed by atoms with Gasteiger partial charge in [0.2, 0.25) is 0 Å². The summed E-state index contributed by atoms with van der Waals surface area (Å²) in [5.41, 5.74) is 0.266. The summed E-state index contributed by atoms with van der Waals surface area (Å²) in [5.74, 6) is 0.481. The Morgan fingerprint density at radius 2 is 2.17 bits per heavy atom. The van der Waals surface area contributed by atoms with Gasteiger partial charge < -0.3 is 5.11 Å². The van der Waals surface area contributed by atoms with Crippen molar-refractivity contribution < 1.29 is 5.11 Å². The first-order chi connectivity index (χ1) is 5.52. The van der Waals surface area contributed by atoms with Crippen molar-refractivity contribution in [1.82, 2.24) is 0 Å². The highest BCUT2D eigenvalue weighted by molar-refractivity contribution is 5.15. The van der Waals surface area contributed by atoms with Crippen molar-refractivity contribution in [3.8, 4) is 0 Å². The molecule has 0 radical (unpaired) electrons. The molecule has 1 aliphatic rings. The second-order valence-corrected chi connectivity index (χ2v) is 4.07. The molecule has 0 heterocycles. The first-order valence-corrected chi connectivity index (χ1v) is 4.58. The summed E-state index contributed by atoms with van der Waals surface area (Å²) in [6, 6.07) is 0. The molecule has 0 aromatic rings. The monoisotopic (exact) mass is 166 g/mol. The van der Waals surface area contributed by atoms with Crippen LogP contribution in [0.3, 0.4) is 0 Å². The molecule has 0 saturated carbocycles. The standard InChI is InChI=1S/C11H18O/c1-9(11(2,3)12)10-7-5-4-6-8-10/h4-5,10,12H,1,6-8H2,2-3H3. The largest absolute Gasteiger partial charge is 0.386 e. The highest BCUT2D eigenvalue weighted by Gasteiger charge is 2.24. The molecule has 1 N–H and O–H groups in total. The van der Waals surface area contributed by atoms with E-state index >= 15 is 0 Å². The molecular weight excluding hydrogens is 148 g/mol. The van der Waals surface area contributed by atoms with Crippen molar-refractivity contribution in [2.24, 2.45) is 5.92 Å². The van der Waals surface area contributed by atoms with Crippen molar-refractivity contribution in [1.29, 1.82) is 0 Å². The Bertz CT molecular complexity index is 196. The SMILES string of the molecule is C=C(C1CC=CCC1)C(C)(C)O. The Morgan fingerprint density at radius 3 is 2.58 bits per heavy atom. The molecule has 1 nitrogen and oxygen atoms in total. The summed E-state index contributed by atoms with van der Waals surface area (Å²) in [6.45, 7) is 7.59. The van der Waals surface area contributed by atoms with Crippen molar-refractivity contribution in [2.75, 3.05) is 0 Å². The summed E-state index contributed by atoms with van der Waals surface area (Å²) in [5, 5.41) is 9.71. The van der Waals surface area contributed by atoms with Gasteiger partial charge in [-0.3, -0.25) is 0 Å². The van der Waals surface area contributed by atoms with E-state index < -0.39 is 5.60 Å². The Kier molecular flexibility index (Phi) is 2.73. The van der Waals surface area contributed by atoms with Crippen LogP contribution in [0.5, 0.6) is 0 Å². The van der Waals surface area contributed by atoms with Gasteiger partial charge >= 0.3 is 0 Å². The molecule has 0 saturated heterocycles. The van der Waals surface area contributed by atoms with Crippen LogP contribution in [0.4, 0.5) is 0 Å². The fourth-order valence-corrected chi connectivity index (χ4v) is 1.61. The second kappa shape index (κ2) is 3.44. The first kappa shape index (κ1) is 9.53. The number of aliphatic hydroxyl groups is 1. The molecule has 1 atom stereocenters. The zero-order valence-corrected chi connectivity index (χ0v) is 8.01. The van der Waals surface area contributed by atoms with E-state index in [4.69, 9.17) is 0 Å². The molecule has 1 unspecified atom stereocenters. The van der Waals surface area contributed by atoms with Gasteiger partial charge in [0.15, 0.2) is 0 Å². The molecule has 0 spiro atoms. The molecule has 0 aromatic carbocycles. The van der Waals surface area contributed by atoms with Gasteiger partial charge in [-0.25, -0.2) is 0 Å². The Labute approximate surface area is 74.8 Å². The van der Waals surface area contributed by atoms with E-state index in [0.29, 0.717) is 5.92 Å². The molecule has 1 rings (SSSR count). The van der Waals surface area contributed by atoms with Gasteiger partial charge in [0, 0.05) is 0 Å². The minimum absolute atomic E-state index is 0.481. The van der Waals surface area contributed by atoms with Crippen LogP contribution in [0.2, 0.25) is 0 Å². The van der Waals surface area contributed by atoms with E-state index in [-0.39, 0.29) is 0 Å². The third kappa shape index (κ3) is 2.21. The van der Waals surface area contributed by atoms with E-state index in [1.807, 2.05) is 13.8 Å². The summed E-state index contributed by atoms with van der Waals surface area (Å²) >= 11 is 0. The van der Waals surface area contributed by atoms with Crippen LogP contribution in [0.25, 0.3) is 0 Å². The summed E-state index contributed by atoms with van der Waals surface area (Å²) in [6.07, 6.45) is 7.70. The molecule has 0 aliphatic heterocycles. The average molecular weight is 166 g/mol. The molecule has 1 heteroatoms. The van der Waals surface area contributed by atoms with Gasteiger partial charge in [0.05, 0.1) is 5.60 Å². The minimum atomic E-state index is -0.712. The lowest BCUT2D eigenvalue weighted by atomic mass is 9.81. The van der Waals surface area contributed by atoms with E-state index in [1.54, 1.807) is 0 Å². The highest BCUT2D eigenvalue weighted by Crippen LogP contribution is 2.30. The van der Waals surface area contributed by atoms with Gasteiger partial charge in [-0.1, -0.05) is 18.7 Å². The average Bonchev–Trinajstić information content (AvgIpc) is 2.03. The van der Waals surface area contributed by atoms with Crippen LogP contribution in [0.1, 0.15) is 33.1 Å². The normalized spacial score (nSPS) is 24.1. The number of rotatable bonds is 2. The van der Waals surface area contributed by atoms with Crippen LogP contribution in [0.15, 0.2) is 24.3 Å². The molecule has 68 valence electrons. The minimum Gasteiger partial charge on any atom is -0.386 e. The predicted molar refractivity (Wildman–Crippen MR) is 51.9 cm³/mol. The van der Waals surface area contributed by atoms with E-state index in [0.717, 1.165) is 24.8 Å². The Balaban J connectivity index is 2.59. The van der Waals surface area contributed by atoms with Gasteiger partial charge in [0.25, 0.3) is 0 Å².